The van der Waals surface area contributed by atoms with Crippen molar-refractivity contribution in [2.24, 2.45) is 7.05 Å². The second-order valence-electron chi connectivity index (χ2n) is 6.99. The van der Waals surface area contributed by atoms with Crippen LogP contribution in [0.4, 0.5) is 4.79 Å². The molecule has 3 rings (SSSR count). The van der Waals surface area contributed by atoms with E-state index in [1.807, 2.05) is 41.8 Å². The van der Waals surface area contributed by atoms with Crippen LogP contribution in [0.5, 0.6) is 0 Å². The molecule has 1 N–H and O–H groups in total. The van der Waals surface area contributed by atoms with E-state index in [1.54, 1.807) is 6.20 Å². The smallest absolute Gasteiger partial charge is 0.318 e. The highest BCUT2D eigenvalue weighted by molar-refractivity contribution is 5.75. The summed E-state index contributed by atoms with van der Waals surface area (Å²) in [7, 11) is 1.94. The van der Waals surface area contributed by atoms with Crippen molar-refractivity contribution in [3.05, 3.63) is 41.6 Å². The van der Waals surface area contributed by atoms with Crippen LogP contribution >= 0.6 is 0 Å². The van der Waals surface area contributed by atoms with Gasteiger partial charge in [0.25, 0.3) is 0 Å². The van der Waals surface area contributed by atoms with Gasteiger partial charge in [0, 0.05) is 32.3 Å². The first-order valence-corrected chi connectivity index (χ1v) is 9.15. The van der Waals surface area contributed by atoms with Crippen molar-refractivity contribution in [3.63, 3.8) is 0 Å². The quantitative estimate of drug-likeness (QED) is 0.902. The molecule has 2 atom stereocenters. The summed E-state index contributed by atoms with van der Waals surface area (Å²) in [6.07, 6.45) is 6.69. The van der Waals surface area contributed by atoms with Crippen LogP contribution in [-0.4, -0.2) is 33.3 Å². The average Bonchev–Trinajstić information content (AvgIpc) is 3.21. The fraction of sp³-hybridized carbons (Fsp3) is 0.579. The molecule has 136 valence electrons. The van der Waals surface area contributed by atoms with Gasteiger partial charge < -0.3 is 14.6 Å². The van der Waals surface area contributed by atoms with E-state index in [9.17, 15) is 4.79 Å². The van der Waals surface area contributed by atoms with E-state index in [0.717, 1.165) is 55.9 Å². The lowest BCUT2D eigenvalue weighted by Gasteiger charge is -2.36. The number of rotatable bonds is 5. The Morgan fingerprint density at radius 3 is 2.92 bits per heavy atom. The van der Waals surface area contributed by atoms with Gasteiger partial charge in [-0.15, -0.1) is 0 Å². The highest BCUT2D eigenvalue weighted by atomic mass is 16.3. The number of nitrogens with one attached hydrogen (secondary N) is 1. The number of hydrogen-bond acceptors (Lipinski definition) is 3. The Balaban J connectivity index is 1.57. The molecule has 0 spiro atoms. The van der Waals surface area contributed by atoms with E-state index in [1.165, 1.54) is 0 Å². The molecule has 0 radical (unpaired) electrons. The molecule has 0 aromatic carbocycles. The molecule has 25 heavy (non-hydrogen) atoms. The number of likely N-dealkylation sites (tertiary alicyclic amines) is 1. The maximum Gasteiger partial charge on any atom is 0.318 e. The monoisotopic (exact) mass is 344 g/mol. The molecule has 0 aliphatic carbocycles. The molecule has 1 saturated heterocycles. The number of carbonyl (C=O) groups is 1. The molecule has 1 fully saturated rings. The zero-order chi connectivity index (χ0) is 17.8. The molecule has 6 heteroatoms. The molecule has 2 aromatic heterocycles. The number of piperidine rings is 1. The minimum atomic E-state index is 0.0222. The Kier molecular flexibility index (Phi) is 5.46. The van der Waals surface area contributed by atoms with Crippen LogP contribution in [0.25, 0.3) is 0 Å². The van der Waals surface area contributed by atoms with Gasteiger partial charge in [-0.3, -0.25) is 4.68 Å². The number of urea groups is 1. The van der Waals surface area contributed by atoms with E-state index >= 15 is 0 Å². The highest BCUT2D eigenvalue weighted by Gasteiger charge is 2.30. The zero-order valence-corrected chi connectivity index (χ0v) is 15.4. The molecule has 1 aliphatic heterocycles. The third-order valence-corrected chi connectivity index (χ3v) is 4.95. The summed E-state index contributed by atoms with van der Waals surface area (Å²) < 4.78 is 7.48. The Hall–Kier alpha value is -2.24. The predicted molar refractivity (Wildman–Crippen MR) is 96.3 cm³/mol. The topological polar surface area (TPSA) is 63.3 Å². The maximum absolute atomic E-state index is 12.8. The first-order valence-electron chi connectivity index (χ1n) is 9.15. The van der Waals surface area contributed by atoms with Crippen LogP contribution in [-0.2, 0) is 13.5 Å². The summed E-state index contributed by atoms with van der Waals surface area (Å²) in [4.78, 5) is 14.8. The SMILES string of the molecule is Cc1ccc(CC[C@H](C)NC(=O)N2CCCC[C@H]2c2ccnn2C)o1. The number of aryl methyl sites for hydroxylation is 3. The summed E-state index contributed by atoms with van der Waals surface area (Å²) in [6, 6.07) is 6.23. The fourth-order valence-corrected chi connectivity index (χ4v) is 3.54. The fourth-order valence-electron chi connectivity index (χ4n) is 3.54. The molecular formula is C19H28N4O2. The number of hydrogen-bond donors (Lipinski definition) is 1. The number of aromatic nitrogens is 2. The number of nitrogens with zero attached hydrogens (tertiary/aromatic N) is 3. The lowest BCUT2D eigenvalue weighted by molar-refractivity contribution is 0.144. The first-order chi connectivity index (χ1) is 12.0. The first kappa shape index (κ1) is 17.6. The van der Waals surface area contributed by atoms with Gasteiger partial charge in [-0.25, -0.2) is 4.79 Å². The Morgan fingerprint density at radius 1 is 1.40 bits per heavy atom. The highest BCUT2D eigenvalue weighted by Crippen LogP contribution is 2.30. The normalized spacial score (nSPS) is 19.0. The number of furan rings is 1. The largest absolute Gasteiger partial charge is 0.466 e. The van der Waals surface area contributed by atoms with Crippen LogP contribution in [0.15, 0.2) is 28.8 Å². The summed E-state index contributed by atoms with van der Waals surface area (Å²) in [5.41, 5.74) is 1.11. The van der Waals surface area contributed by atoms with Crippen LogP contribution in [0.1, 0.15) is 55.9 Å². The van der Waals surface area contributed by atoms with Crippen LogP contribution < -0.4 is 5.32 Å². The van der Waals surface area contributed by atoms with E-state index in [2.05, 4.69) is 17.3 Å². The summed E-state index contributed by atoms with van der Waals surface area (Å²) in [6.45, 7) is 4.80. The van der Waals surface area contributed by atoms with Crippen molar-refractivity contribution >= 4 is 6.03 Å². The van der Waals surface area contributed by atoms with Gasteiger partial charge in [-0.2, -0.15) is 5.10 Å². The zero-order valence-electron chi connectivity index (χ0n) is 15.4. The Bertz CT molecular complexity index is 706. The van der Waals surface area contributed by atoms with Crippen molar-refractivity contribution < 1.29 is 9.21 Å². The van der Waals surface area contributed by atoms with Crippen molar-refractivity contribution in [1.82, 2.24) is 20.0 Å². The lowest BCUT2D eigenvalue weighted by Crippen LogP contribution is -2.47. The molecule has 0 unspecified atom stereocenters. The molecule has 2 aromatic rings. The van der Waals surface area contributed by atoms with Crippen LogP contribution in [0.2, 0.25) is 0 Å². The predicted octanol–water partition coefficient (Wildman–Crippen LogP) is 3.58. The average molecular weight is 344 g/mol. The van der Waals surface area contributed by atoms with Crippen molar-refractivity contribution in [1.29, 1.82) is 0 Å². The van der Waals surface area contributed by atoms with Crippen LogP contribution in [0, 0.1) is 6.92 Å². The number of carbonyl (C=O) groups excluding carboxylic acids is 1. The van der Waals surface area contributed by atoms with E-state index in [4.69, 9.17) is 4.42 Å². The Morgan fingerprint density at radius 2 is 2.24 bits per heavy atom. The minimum absolute atomic E-state index is 0.0222. The molecule has 3 heterocycles. The van der Waals surface area contributed by atoms with E-state index in [0.29, 0.717) is 0 Å². The molecule has 0 saturated carbocycles. The summed E-state index contributed by atoms with van der Waals surface area (Å²) in [5.74, 6) is 1.91. The molecule has 0 bridgehead atoms. The van der Waals surface area contributed by atoms with Crippen LogP contribution in [0.3, 0.4) is 0 Å². The van der Waals surface area contributed by atoms with E-state index in [-0.39, 0.29) is 18.1 Å². The standard InChI is InChI=1S/C19H28N4O2/c1-14(7-9-16-10-8-15(2)25-16)21-19(24)23-13-5-4-6-18(23)17-11-12-20-22(17)3/h8,10-12,14,18H,4-7,9,13H2,1-3H3,(H,21,24)/t14-,18-/m0/s1. The molecule has 1 aliphatic rings. The van der Waals surface area contributed by atoms with Gasteiger partial charge in [-0.1, -0.05) is 0 Å². The van der Waals surface area contributed by atoms with Gasteiger partial charge in [0.1, 0.15) is 11.5 Å². The summed E-state index contributed by atoms with van der Waals surface area (Å²) in [5, 5.41) is 7.41. The molecule has 6 nitrogen and oxygen atoms in total. The van der Waals surface area contributed by atoms with Gasteiger partial charge in [0.15, 0.2) is 0 Å². The molecular weight excluding hydrogens is 316 g/mol. The van der Waals surface area contributed by atoms with Gasteiger partial charge in [0.2, 0.25) is 0 Å². The second-order valence-corrected chi connectivity index (χ2v) is 6.99. The third kappa shape index (κ3) is 4.24. The van der Waals surface area contributed by atoms with Gasteiger partial charge in [0.05, 0.1) is 11.7 Å². The van der Waals surface area contributed by atoms with Gasteiger partial charge in [-0.05, 0) is 57.7 Å². The Labute approximate surface area is 149 Å². The second kappa shape index (κ2) is 7.76. The van der Waals surface area contributed by atoms with Gasteiger partial charge >= 0.3 is 6.03 Å². The third-order valence-electron chi connectivity index (χ3n) is 4.95. The van der Waals surface area contributed by atoms with E-state index < -0.39 is 0 Å². The lowest BCUT2D eigenvalue weighted by atomic mass is 9.99. The summed E-state index contributed by atoms with van der Waals surface area (Å²) >= 11 is 0. The maximum atomic E-state index is 12.8. The number of amides is 2. The minimum Gasteiger partial charge on any atom is -0.466 e. The van der Waals surface area contributed by atoms with Crippen molar-refractivity contribution in [3.8, 4) is 0 Å². The molecule has 2 amide bonds. The van der Waals surface area contributed by atoms with Crippen molar-refractivity contribution in [2.45, 2.75) is 58.0 Å². The van der Waals surface area contributed by atoms with Crippen molar-refractivity contribution in [2.75, 3.05) is 6.54 Å².